The number of piperazine rings is 1. The first-order chi connectivity index (χ1) is 14.4. The van der Waals surface area contributed by atoms with Gasteiger partial charge in [-0.1, -0.05) is 43.6 Å². The average Bonchev–Trinajstić information content (AvgIpc) is 2.76. The Labute approximate surface area is 181 Å². The van der Waals surface area contributed by atoms with E-state index >= 15 is 0 Å². The van der Waals surface area contributed by atoms with Crippen molar-refractivity contribution in [3.05, 3.63) is 69.5 Å². The summed E-state index contributed by atoms with van der Waals surface area (Å²) in [5, 5.41) is 4.54. The maximum Gasteiger partial charge on any atom is 0.292 e. The second kappa shape index (κ2) is 8.44. The summed E-state index contributed by atoms with van der Waals surface area (Å²) in [5.74, 6) is 2.10. The quantitative estimate of drug-likeness (QED) is 0.639. The summed E-state index contributed by atoms with van der Waals surface area (Å²) >= 11 is 6.46. The second-order valence-corrected chi connectivity index (χ2v) is 8.13. The number of rotatable bonds is 4. The van der Waals surface area contributed by atoms with E-state index in [1.54, 1.807) is 6.20 Å². The summed E-state index contributed by atoms with van der Waals surface area (Å²) in [6.45, 7) is 9.23. The van der Waals surface area contributed by atoms with E-state index in [1.165, 1.54) is 4.68 Å². The van der Waals surface area contributed by atoms with Gasteiger partial charge in [-0.3, -0.25) is 4.79 Å². The summed E-state index contributed by atoms with van der Waals surface area (Å²) in [7, 11) is 0. The highest BCUT2D eigenvalue weighted by atomic mass is 35.5. The van der Waals surface area contributed by atoms with Gasteiger partial charge in [0.05, 0.1) is 17.6 Å². The number of nitrogens with zero attached hydrogens (tertiary/aromatic N) is 6. The molecule has 30 heavy (non-hydrogen) atoms. The van der Waals surface area contributed by atoms with Gasteiger partial charge in [0.15, 0.2) is 0 Å². The van der Waals surface area contributed by atoms with E-state index < -0.39 is 0 Å². The molecule has 2 aromatic heterocycles. The molecule has 8 heteroatoms. The molecule has 0 unspecified atom stereocenters. The summed E-state index contributed by atoms with van der Waals surface area (Å²) in [6, 6.07) is 11.3. The Bertz CT molecular complexity index is 1090. The molecule has 1 saturated heterocycles. The van der Waals surface area contributed by atoms with E-state index in [-0.39, 0.29) is 16.5 Å². The largest absolute Gasteiger partial charge is 0.365 e. The average molecular weight is 425 g/mol. The van der Waals surface area contributed by atoms with Crippen molar-refractivity contribution in [1.29, 1.82) is 0 Å². The fraction of sp³-hybridized carbons (Fsp3) is 0.364. The van der Waals surface area contributed by atoms with Crippen LogP contribution in [0.1, 0.15) is 31.3 Å². The SMILES string of the molecule is Cc1cc(N2CCN(c3cnn(-c4ccccc4)c(=O)c3Cl)CC2)nc(C(C)C)n1. The Balaban J connectivity index is 1.52. The first-order valence-electron chi connectivity index (χ1n) is 10.1. The molecule has 7 nitrogen and oxygen atoms in total. The molecule has 0 atom stereocenters. The van der Waals surface area contributed by atoms with Gasteiger partial charge in [-0.25, -0.2) is 9.97 Å². The first kappa shape index (κ1) is 20.3. The minimum atomic E-state index is -0.309. The van der Waals surface area contributed by atoms with Crippen LogP contribution >= 0.6 is 11.6 Å². The molecule has 1 fully saturated rings. The van der Waals surface area contributed by atoms with Crippen molar-refractivity contribution in [2.45, 2.75) is 26.7 Å². The Morgan fingerprint density at radius 2 is 1.67 bits per heavy atom. The van der Waals surface area contributed by atoms with Crippen molar-refractivity contribution in [3.8, 4) is 5.69 Å². The number of benzene rings is 1. The van der Waals surface area contributed by atoms with Crippen molar-refractivity contribution < 1.29 is 0 Å². The molecule has 0 radical (unpaired) electrons. The zero-order valence-electron chi connectivity index (χ0n) is 17.4. The smallest absolute Gasteiger partial charge is 0.292 e. The van der Waals surface area contributed by atoms with Crippen LogP contribution in [0.4, 0.5) is 11.5 Å². The normalized spacial score (nSPS) is 14.4. The Morgan fingerprint density at radius 1 is 1.00 bits per heavy atom. The van der Waals surface area contributed by atoms with Gasteiger partial charge in [-0.05, 0) is 19.1 Å². The molecule has 0 spiro atoms. The zero-order valence-corrected chi connectivity index (χ0v) is 18.2. The van der Waals surface area contributed by atoms with E-state index in [2.05, 4.69) is 33.7 Å². The van der Waals surface area contributed by atoms with Crippen LogP contribution in [0.3, 0.4) is 0 Å². The molecule has 0 N–H and O–H groups in total. The van der Waals surface area contributed by atoms with Crippen LogP contribution in [-0.2, 0) is 0 Å². The van der Waals surface area contributed by atoms with Gasteiger partial charge in [0.25, 0.3) is 5.56 Å². The van der Waals surface area contributed by atoms with E-state index in [9.17, 15) is 4.79 Å². The van der Waals surface area contributed by atoms with Gasteiger partial charge in [0, 0.05) is 43.9 Å². The van der Waals surface area contributed by atoms with Crippen LogP contribution in [0.5, 0.6) is 0 Å². The molecule has 0 bridgehead atoms. The number of hydrogen-bond acceptors (Lipinski definition) is 6. The third kappa shape index (κ3) is 4.03. The Morgan fingerprint density at radius 3 is 2.33 bits per heavy atom. The van der Waals surface area contributed by atoms with Crippen molar-refractivity contribution in [1.82, 2.24) is 19.7 Å². The topological polar surface area (TPSA) is 67.2 Å². The standard InChI is InChI=1S/C22H25ClN6O/c1-15(2)21-25-16(3)13-19(26-21)28-11-9-27(10-12-28)18-14-24-29(22(30)20(18)23)17-7-5-4-6-8-17/h4-8,13-15H,9-12H2,1-3H3. The third-order valence-electron chi connectivity index (χ3n) is 5.22. The van der Waals surface area contributed by atoms with Gasteiger partial charge in [-0.2, -0.15) is 9.78 Å². The maximum atomic E-state index is 12.8. The molecule has 4 rings (SSSR count). The lowest BCUT2D eigenvalue weighted by Crippen LogP contribution is -2.47. The number of para-hydroxylation sites is 1. The summed E-state index contributed by atoms with van der Waals surface area (Å²) < 4.78 is 1.33. The molecule has 1 aliphatic rings. The van der Waals surface area contributed by atoms with Gasteiger partial charge in [0.1, 0.15) is 16.7 Å². The third-order valence-corrected chi connectivity index (χ3v) is 5.58. The summed E-state index contributed by atoms with van der Waals surface area (Å²) in [6.07, 6.45) is 1.68. The number of anilines is 2. The molecule has 0 amide bonds. The zero-order chi connectivity index (χ0) is 21.3. The minimum Gasteiger partial charge on any atom is -0.365 e. The first-order valence-corrected chi connectivity index (χ1v) is 10.5. The van der Waals surface area contributed by atoms with E-state index in [0.29, 0.717) is 11.4 Å². The lowest BCUT2D eigenvalue weighted by atomic mass is 10.2. The lowest BCUT2D eigenvalue weighted by molar-refractivity contribution is 0.637. The van der Waals surface area contributed by atoms with Gasteiger partial charge in [0.2, 0.25) is 0 Å². The molecule has 156 valence electrons. The van der Waals surface area contributed by atoms with Gasteiger partial charge in [-0.15, -0.1) is 0 Å². The van der Waals surface area contributed by atoms with E-state index in [0.717, 1.165) is 43.5 Å². The van der Waals surface area contributed by atoms with Crippen LogP contribution in [0.25, 0.3) is 5.69 Å². The second-order valence-electron chi connectivity index (χ2n) is 7.75. The Kier molecular flexibility index (Phi) is 5.72. The number of aromatic nitrogens is 4. The van der Waals surface area contributed by atoms with Crippen LogP contribution in [0.15, 0.2) is 47.4 Å². The molecule has 1 aromatic carbocycles. The van der Waals surface area contributed by atoms with E-state index in [4.69, 9.17) is 16.6 Å². The molecule has 3 aromatic rings. The Hall–Kier alpha value is -2.93. The van der Waals surface area contributed by atoms with Crippen LogP contribution in [-0.4, -0.2) is 45.9 Å². The van der Waals surface area contributed by atoms with Crippen LogP contribution in [0, 0.1) is 6.92 Å². The number of hydrogen-bond donors (Lipinski definition) is 0. The number of aryl methyl sites for hydroxylation is 1. The molecule has 1 aliphatic heterocycles. The van der Waals surface area contributed by atoms with Gasteiger partial charge < -0.3 is 9.80 Å². The predicted molar refractivity (Wildman–Crippen MR) is 120 cm³/mol. The predicted octanol–water partition coefficient (Wildman–Crippen LogP) is 3.43. The van der Waals surface area contributed by atoms with Crippen molar-refractivity contribution in [2.24, 2.45) is 0 Å². The molecule has 3 heterocycles. The highest BCUT2D eigenvalue weighted by Gasteiger charge is 2.23. The molecule has 0 saturated carbocycles. The van der Waals surface area contributed by atoms with Gasteiger partial charge >= 0.3 is 0 Å². The number of halogens is 1. The highest BCUT2D eigenvalue weighted by Crippen LogP contribution is 2.25. The molecular weight excluding hydrogens is 400 g/mol. The van der Waals surface area contributed by atoms with Crippen LogP contribution < -0.4 is 15.4 Å². The van der Waals surface area contributed by atoms with Crippen molar-refractivity contribution in [3.63, 3.8) is 0 Å². The summed E-state index contributed by atoms with van der Waals surface area (Å²) in [5.41, 5.74) is 2.04. The highest BCUT2D eigenvalue weighted by molar-refractivity contribution is 6.33. The maximum absolute atomic E-state index is 12.8. The van der Waals surface area contributed by atoms with Crippen LogP contribution in [0.2, 0.25) is 5.02 Å². The molecule has 0 aliphatic carbocycles. The van der Waals surface area contributed by atoms with Crippen molar-refractivity contribution >= 4 is 23.1 Å². The van der Waals surface area contributed by atoms with Crippen molar-refractivity contribution in [2.75, 3.05) is 36.0 Å². The fourth-order valence-electron chi connectivity index (χ4n) is 3.57. The summed E-state index contributed by atoms with van der Waals surface area (Å²) in [4.78, 5) is 26.4. The van der Waals surface area contributed by atoms with E-state index in [1.807, 2.05) is 43.3 Å². The molecular formula is C22H25ClN6O. The minimum absolute atomic E-state index is 0.197. The fourth-order valence-corrected chi connectivity index (χ4v) is 3.82. The lowest BCUT2D eigenvalue weighted by Gasteiger charge is -2.37. The monoisotopic (exact) mass is 424 g/mol.